The second kappa shape index (κ2) is 29.3. The number of pyridine rings is 2. The molecule has 0 aliphatic rings. The van der Waals surface area contributed by atoms with E-state index in [-0.39, 0.29) is 40.8 Å². The minimum absolute atomic E-state index is 0.00467. The van der Waals surface area contributed by atoms with E-state index in [4.69, 9.17) is 23.2 Å². The Morgan fingerprint density at radius 2 is 0.788 bits per heavy atom. The third kappa shape index (κ3) is 15.3. The summed E-state index contributed by atoms with van der Waals surface area (Å²) in [6, 6.07) is 77.9. The summed E-state index contributed by atoms with van der Waals surface area (Å²) in [5.74, 6) is -0.733. The molecule has 4 aromatic heterocycles. The number of nitrogens with one attached hydrogen (secondary N) is 2. The number of nitrogens with zero attached hydrogens (tertiary/aromatic N) is 4. The highest BCUT2D eigenvalue weighted by molar-refractivity contribution is 6.40. The van der Waals surface area contributed by atoms with Crippen molar-refractivity contribution in [3.63, 3.8) is 0 Å². The third-order valence-corrected chi connectivity index (χ3v) is 15.6. The van der Waals surface area contributed by atoms with Crippen molar-refractivity contribution in [3.8, 4) is 0 Å². The van der Waals surface area contributed by atoms with Crippen LogP contribution < -0.4 is 10.6 Å². The molecule has 2 amide bonds. The molecular weight excluding hydrogens is 1090 g/mol. The van der Waals surface area contributed by atoms with Crippen LogP contribution in [0.25, 0.3) is 55.8 Å². The Balaban J connectivity index is 0.000000181. The molecule has 12 rings (SSSR count). The van der Waals surface area contributed by atoms with Crippen molar-refractivity contribution < 1.29 is 9.59 Å². The van der Waals surface area contributed by atoms with Crippen molar-refractivity contribution in [2.24, 2.45) is 37.8 Å². The van der Waals surface area contributed by atoms with Crippen LogP contribution in [0.5, 0.6) is 0 Å². The maximum atomic E-state index is 14.3. The lowest BCUT2D eigenvalue weighted by molar-refractivity contribution is -0.121. The fourth-order valence-corrected chi connectivity index (χ4v) is 11.4. The number of allylic oxidation sites excluding steroid dienone is 2. The number of aromatic nitrogens is 4. The first-order valence-electron chi connectivity index (χ1n) is 28.7. The van der Waals surface area contributed by atoms with E-state index in [1.165, 1.54) is 32.9 Å². The Bertz CT molecular complexity index is 3900. The lowest BCUT2D eigenvalue weighted by Gasteiger charge is -2.25. The molecule has 0 saturated carbocycles. The number of para-hydroxylation sites is 4. The van der Waals surface area contributed by atoms with Gasteiger partial charge < -0.3 is 19.8 Å². The van der Waals surface area contributed by atoms with Crippen LogP contribution in [0.3, 0.4) is 0 Å². The molecular formula is C75H68Cl2N6O2. The number of anilines is 2. The van der Waals surface area contributed by atoms with Crippen LogP contribution in [-0.4, -0.2) is 36.3 Å². The monoisotopic (exact) mass is 1150 g/mol. The first-order chi connectivity index (χ1) is 41.7. The van der Waals surface area contributed by atoms with Crippen molar-refractivity contribution in [3.05, 3.63) is 301 Å². The highest BCUT2D eigenvalue weighted by Crippen LogP contribution is 2.34. The number of benzene rings is 8. The lowest BCUT2D eigenvalue weighted by Crippen LogP contribution is -2.31. The Labute approximate surface area is 508 Å². The summed E-state index contributed by atoms with van der Waals surface area (Å²) in [5, 5.41) is 11.2. The molecule has 0 fully saturated rings. The van der Waals surface area contributed by atoms with Gasteiger partial charge in [0, 0.05) is 83.3 Å². The van der Waals surface area contributed by atoms with Gasteiger partial charge in [0.2, 0.25) is 11.8 Å². The number of carbonyl (C=O) groups excluding carboxylic acids is 2. The van der Waals surface area contributed by atoms with E-state index >= 15 is 0 Å². The topological polar surface area (TPSA) is 93.8 Å². The molecule has 0 unspecified atom stereocenters. The molecule has 0 aliphatic heterocycles. The van der Waals surface area contributed by atoms with Crippen molar-refractivity contribution in [2.75, 3.05) is 16.0 Å². The summed E-state index contributed by atoms with van der Waals surface area (Å²) in [7, 11) is 4.17. The van der Waals surface area contributed by atoms with Gasteiger partial charge in [-0.2, -0.15) is 0 Å². The highest BCUT2D eigenvalue weighted by Gasteiger charge is 2.31. The Morgan fingerprint density at radius 1 is 0.435 bits per heavy atom. The number of hydrogen-bond donors (Lipinski definition) is 2. The van der Waals surface area contributed by atoms with E-state index in [2.05, 4.69) is 178 Å². The van der Waals surface area contributed by atoms with Gasteiger partial charge in [-0.1, -0.05) is 218 Å². The van der Waals surface area contributed by atoms with E-state index in [1.807, 2.05) is 133 Å². The average Bonchev–Trinajstić information content (AvgIpc) is 4.18. The molecule has 0 saturated heterocycles. The average molecular weight is 1160 g/mol. The number of alkyl halides is 2. The SMILES string of the molecule is ClCCl.Cn1cc(C[C@@H](/C=C/c2ccccc2)[C@@H](Cc2ccccc2)C(=O)Nc2cccc3cccnc23)c2ccccc21.Cn1cc(C[C@H](/C=C/c2ccccc2)[C@H](Cc2ccccc2)C(=O)Nc2cccc3cccnc23)c2ccccc21. The van der Waals surface area contributed by atoms with Crippen LogP contribution in [-0.2, 0) is 49.4 Å². The second-order valence-corrected chi connectivity index (χ2v) is 22.1. The summed E-state index contributed by atoms with van der Waals surface area (Å²) >= 11 is 9.53. The van der Waals surface area contributed by atoms with Gasteiger partial charge >= 0.3 is 0 Å². The molecule has 2 N–H and O–H groups in total. The summed E-state index contributed by atoms with van der Waals surface area (Å²) < 4.78 is 4.35. The zero-order valence-corrected chi connectivity index (χ0v) is 49.3. The van der Waals surface area contributed by atoms with Gasteiger partial charge in [-0.15, -0.1) is 23.2 Å². The number of halogens is 2. The Kier molecular flexibility index (Phi) is 20.3. The minimum atomic E-state index is -0.310. The number of carbonyl (C=O) groups is 2. The number of hydrogen-bond acceptors (Lipinski definition) is 4. The van der Waals surface area contributed by atoms with E-state index < -0.39 is 0 Å². The first-order valence-corrected chi connectivity index (χ1v) is 29.8. The Hall–Kier alpha value is -9.34. The van der Waals surface area contributed by atoms with Gasteiger partial charge in [-0.05, 0) is 107 Å². The molecule has 85 heavy (non-hydrogen) atoms. The van der Waals surface area contributed by atoms with Crippen LogP contribution in [0, 0.1) is 23.7 Å². The van der Waals surface area contributed by atoms with Gasteiger partial charge in [0.05, 0.1) is 27.7 Å². The van der Waals surface area contributed by atoms with Gasteiger partial charge in [0.25, 0.3) is 0 Å². The lowest BCUT2D eigenvalue weighted by atomic mass is 9.81. The van der Waals surface area contributed by atoms with Gasteiger partial charge in [0.15, 0.2) is 0 Å². The molecule has 424 valence electrons. The van der Waals surface area contributed by atoms with Crippen LogP contribution >= 0.6 is 23.2 Å². The van der Waals surface area contributed by atoms with Crippen LogP contribution in [0.4, 0.5) is 11.4 Å². The van der Waals surface area contributed by atoms with E-state index in [0.29, 0.717) is 12.8 Å². The minimum Gasteiger partial charge on any atom is -0.350 e. The molecule has 0 radical (unpaired) electrons. The highest BCUT2D eigenvalue weighted by atomic mass is 35.5. The number of amides is 2. The molecule has 10 heteroatoms. The van der Waals surface area contributed by atoms with Crippen molar-refractivity contribution in [1.29, 1.82) is 0 Å². The fourth-order valence-electron chi connectivity index (χ4n) is 11.4. The quantitative estimate of drug-likeness (QED) is 0.0837. The normalized spacial score (nSPS) is 12.8. The largest absolute Gasteiger partial charge is 0.350 e. The van der Waals surface area contributed by atoms with Gasteiger partial charge in [-0.25, -0.2) is 0 Å². The zero-order chi connectivity index (χ0) is 58.7. The van der Waals surface area contributed by atoms with Gasteiger partial charge in [-0.3, -0.25) is 19.6 Å². The molecule has 0 aliphatic carbocycles. The van der Waals surface area contributed by atoms with E-state index in [1.54, 1.807) is 12.4 Å². The number of rotatable bonds is 18. The number of aryl methyl sites for hydroxylation is 2. The van der Waals surface area contributed by atoms with Gasteiger partial charge in [0.1, 0.15) is 0 Å². The zero-order valence-electron chi connectivity index (χ0n) is 47.8. The molecule has 12 aromatic rings. The summed E-state index contributed by atoms with van der Waals surface area (Å²) in [6.07, 6.45) is 19.4. The summed E-state index contributed by atoms with van der Waals surface area (Å²) in [5.41, 5.74) is 12.5. The second-order valence-electron chi connectivity index (χ2n) is 21.3. The molecule has 4 heterocycles. The van der Waals surface area contributed by atoms with Crippen molar-refractivity contribution >= 4 is 102 Å². The maximum absolute atomic E-state index is 14.3. The maximum Gasteiger partial charge on any atom is 0.228 e. The molecule has 0 bridgehead atoms. The molecule has 4 atom stereocenters. The first kappa shape index (κ1) is 58.8. The molecule has 8 nitrogen and oxygen atoms in total. The van der Waals surface area contributed by atoms with E-state index in [0.717, 1.165) is 68.3 Å². The number of fused-ring (bicyclic) bond motifs is 4. The summed E-state index contributed by atoms with van der Waals surface area (Å²) in [4.78, 5) is 37.7. The predicted octanol–water partition coefficient (Wildman–Crippen LogP) is 17.6. The summed E-state index contributed by atoms with van der Waals surface area (Å²) in [6.45, 7) is 0. The third-order valence-electron chi connectivity index (χ3n) is 15.6. The smallest absolute Gasteiger partial charge is 0.228 e. The van der Waals surface area contributed by atoms with Crippen molar-refractivity contribution in [2.45, 2.75) is 25.7 Å². The standard InChI is InChI=1S/2C37H33N3O.CH2Cl2/c2*1-40-26-31(32-18-8-9-20-35(32)40)25-30(22-21-27-12-4-2-5-13-27)33(24-28-14-6-3-7-15-28)37(41)39-34-19-10-16-29-17-11-23-38-36(29)34;2-1-3/h2*2-23,26,30,33H,24-25H2,1H3,(H,39,41);1H2/b2*22-21+;/t2*30-,33-;/m10./s1. The predicted molar refractivity (Wildman–Crippen MR) is 356 cm³/mol. The molecule has 0 spiro atoms. The Morgan fingerprint density at radius 3 is 1.19 bits per heavy atom. The van der Waals surface area contributed by atoms with E-state index in [9.17, 15) is 9.59 Å². The fraction of sp³-hybridized carbons (Fsp3) is 0.147. The van der Waals surface area contributed by atoms with Crippen LogP contribution in [0.1, 0.15) is 33.4 Å². The van der Waals surface area contributed by atoms with Crippen LogP contribution in [0.15, 0.2) is 267 Å². The van der Waals surface area contributed by atoms with Crippen molar-refractivity contribution in [1.82, 2.24) is 19.1 Å². The van der Waals surface area contributed by atoms with Crippen LogP contribution in [0.2, 0.25) is 0 Å². The molecule has 8 aromatic carbocycles.